The third-order valence-electron chi connectivity index (χ3n) is 4.25. The van der Waals surface area contributed by atoms with E-state index in [0.717, 1.165) is 0 Å². The molecule has 0 saturated carbocycles. The van der Waals surface area contributed by atoms with Crippen molar-refractivity contribution in [1.82, 2.24) is 0 Å². The maximum absolute atomic E-state index is 2.35. The van der Waals surface area contributed by atoms with Crippen molar-refractivity contribution in [3.8, 4) is 0 Å². The topological polar surface area (TPSA) is 0 Å². The van der Waals surface area contributed by atoms with E-state index < -0.39 is 0 Å². The van der Waals surface area contributed by atoms with Crippen LogP contribution in [0.4, 0.5) is 0 Å². The van der Waals surface area contributed by atoms with Crippen LogP contribution < -0.4 is 0 Å². The van der Waals surface area contributed by atoms with Crippen molar-refractivity contribution in [3.05, 3.63) is 65.2 Å². The second-order valence-electron chi connectivity index (χ2n) is 5.41. The number of hydrogen-bond acceptors (Lipinski definition) is 0. The van der Waals surface area contributed by atoms with Crippen LogP contribution in [0.15, 0.2) is 48.5 Å². The van der Waals surface area contributed by atoms with Crippen molar-refractivity contribution >= 4 is 27.6 Å². The van der Waals surface area contributed by atoms with E-state index in [4.69, 9.17) is 0 Å². The first-order valence-corrected chi connectivity index (χ1v) is 6.95. The highest BCUT2D eigenvalue weighted by Crippen LogP contribution is 2.34. The first-order valence-electron chi connectivity index (χ1n) is 6.95. The van der Waals surface area contributed by atoms with Crippen LogP contribution in [0.1, 0.15) is 23.1 Å². The maximum Gasteiger partial charge on any atom is -0.00990 e. The van der Waals surface area contributed by atoms with Gasteiger partial charge in [0.05, 0.1) is 0 Å². The zero-order chi connectivity index (χ0) is 12.8. The predicted molar refractivity (Wildman–Crippen MR) is 83.5 cm³/mol. The fourth-order valence-electron chi connectivity index (χ4n) is 3.28. The molecule has 0 radical (unpaired) electrons. The Labute approximate surface area is 113 Å². The van der Waals surface area contributed by atoms with Crippen LogP contribution in [-0.2, 0) is 6.42 Å². The van der Waals surface area contributed by atoms with Gasteiger partial charge in [0.2, 0.25) is 0 Å². The Hall–Kier alpha value is -2.08. The maximum atomic E-state index is 2.35. The highest BCUT2D eigenvalue weighted by Gasteiger charge is 2.11. The van der Waals surface area contributed by atoms with Crippen LogP contribution in [-0.4, -0.2) is 0 Å². The van der Waals surface area contributed by atoms with Crippen LogP contribution in [0.3, 0.4) is 0 Å². The summed E-state index contributed by atoms with van der Waals surface area (Å²) in [5, 5.41) is 5.53. The molecule has 0 nitrogen and oxygen atoms in total. The minimum absolute atomic E-state index is 1.17. The summed E-state index contributed by atoms with van der Waals surface area (Å²) in [6.07, 6.45) is 6.94. The molecule has 0 heteroatoms. The van der Waals surface area contributed by atoms with Gasteiger partial charge in [0.25, 0.3) is 0 Å². The van der Waals surface area contributed by atoms with Gasteiger partial charge >= 0.3 is 0 Å². The van der Waals surface area contributed by atoms with E-state index in [1.54, 1.807) is 0 Å². The first-order chi connectivity index (χ1) is 9.34. The molecular formula is C19H16. The van der Waals surface area contributed by atoms with Crippen molar-refractivity contribution < 1.29 is 0 Å². The van der Waals surface area contributed by atoms with E-state index in [9.17, 15) is 0 Å². The molecule has 19 heavy (non-hydrogen) atoms. The molecule has 92 valence electrons. The van der Waals surface area contributed by atoms with Gasteiger partial charge in [0.1, 0.15) is 0 Å². The molecule has 0 bridgehead atoms. The molecule has 0 spiro atoms. The minimum Gasteiger partial charge on any atom is -0.0836 e. The van der Waals surface area contributed by atoms with Gasteiger partial charge in [-0.05, 0) is 58.0 Å². The molecular weight excluding hydrogens is 228 g/mol. The molecule has 0 fully saturated rings. The van der Waals surface area contributed by atoms with Crippen molar-refractivity contribution in [2.24, 2.45) is 0 Å². The second-order valence-corrected chi connectivity index (χ2v) is 5.41. The van der Waals surface area contributed by atoms with Crippen LogP contribution in [0.25, 0.3) is 27.6 Å². The lowest BCUT2D eigenvalue weighted by Crippen LogP contribution is -1.95. The number of benzene rings is 3. The van der Waals surface area contributed by atoms with E-state index in [0.29, 0.717) is 0 Å². The Morgan fingerprint density at radius 2 is 1.63 bits per heavy atom. The summed E-state index contributed by atoms with van der Waals surface area (Å²) in [6, 6.07) is 15.7. The second kappa shape index (κ2) is 3.96. The molecule has 4 rings (SSSR count). The van der Waals surface area contributed by atoms with Gasteiger partial charge in [-0.1, -0.05) is 54.6 Å². The van der Waals surface area contributed by atoms with Crippen LogP contribution in [0.5, 0.6) is 0 Å². The summed E-state index contributed by atoms with van der Waals surface area (Å²) < 4.78 is 0. The number of rotatable bonds is 0. The number of hydrogen-bond donors (Lipinski definition) is 0. The largest absolute Gasteiger partial charge is 0.0836 e. The van der Waals surface area contributed by atoms with E-state index in [1.165, 1.54) is 51.1 Å². The first kappa shape index (κ1) is 10.8. The Morgan fingerprint density at radius 1 is 0.842 bits per heavy atom. The van der Waals surface area contributed by atoms with Crippen molar-refractivity contribution in [3.63, 3.8) is 0 Å². The van der Waals surface area contributed by atoms with Gasteiger partial charge in [-0.15, -0.1) is 0 Å². The molecule has 0 saturated heterocycles. The molecule has 0 atom stereocenters. The zero-order valence-electron chi connectivity index (χ0n) is 11.1. The lowest BCUT2D eigenvalue weighted by Gasteiger charge is -2.15. The van der Waals surface area contributed by atoms with Gasteiger partial charge in [-0.25, -0.2) is 0 Å². The van der Waals surface area contributed by atoms with Gasteiger partial charge in [-0.3, -0.25) is 0 Å². The molecule has 0 amide bonds. The Morgan fingerprint density at radius 3 is 2.53 bits per heavy atom. The zero-order valence-corrected chi connectivity index (χ0v) is 11.1. The van der Waals surface area contributed by atoms with E-state index in [1.807, 2.05) is 0 Å². The Kier molecular flexibility index (Phi) is 2.25. The molecule has 0 aromatic heterocycles. The Bertz CT molecular complexity index is 822. The van der Waals surface area contributed by atoms with Gasteiger partial charge in [-0.2, -0.15) is 0 Å². The SMILES string of the molecule is Cc1cc2c3c(ccc2c2ccccc12)CCC=C3. The average Bonchev–Trinajstić information content (AvgIpc) is 2.47. The van der Waals surface area contributed by atoms with E-state index in [2.05, 4.69) is 61.5 Å². The summed E-state index contributed by atoms with van der Waals surface area (Å²) in [5.41, 5.74) is 4.29. The third kappa shape index (κ3) is 1.53. The lowest BCUT2D eigenvalue weighted by molar-refractivity contribution is 0.990. The molecule has 0 aliphatic heterocycles. The summed E-state index contributed by atoms with van der Waals surface area (Å²) >= 11 is 0. The quantitative estimate of drug-likeness (QED) is 0.473. The van der Waals surface area contributed by atoms with E-state index in [-0.39, 0.29) is 0 Å². The molecule has 3 aromatic carbocycles. The molecule has 1 aliphatic rings. The van der Waals surface area contributed by atoms with Gasteiger partial charge in [0.15, 0.2) is 0 Å². The number of aryl methyl sites for hydroxylation is 2. The molecule has 0 heterocycles. The summed E-state index contributed by atoms with van der Waals surface area (Å²) in [5.74, 6) is 0. The lowest BCUT2D eigenvalue weighted by atomic mass is 9.89. The smallest absolute Gasteiger partial charge is 0.00990 e. The van der Waals surface area contributed by atoms with Gasteiger partial charge in [0, 0.05) is 0 Å². The normalized spacial score (nSPS) is 13.9. The summed E-state index contributed by atoms with van der Waals surface area (Å²) in [7, 11) is 0. The molecule has 1 aliphatic carbocycles. The van der Waals surface area contributed by atoms with E-state index >= 15 is 0 Å². The number of allylic oxidation sites excluding steroid dienone is 1. The van der Waals surface area contributed by atoms with Crippen LogP contribution >= 0.6 is 0 Å². The minimum atomic E-state index is 1.17. The predicted octanol–water partition coefficient (Wildman–Crippen LogP) is 5.26. The van der Waals surface area contributed by atoms with Crippen molar-refractivity contribution in [2.45, 2.75) is 19.8 Å². The monoisotopic (exact) mass is 244 g/mol. The van der Waals surface area contributed by atoms with Gasteiger partial charge < -0.3 is 0 Å². The van der Waals surface area contributed by atoms with Crippen molar-refractivity contribution in [2.75, 3.05) is 0 Å². The highest BCUT2D eigenvalue weighted by molar-refractivity contribution is 6.11. The third-order valence-corrected chi connectivity index (χ3v) is 4.25. The fourth-order valence-corrected chi connectivity index (χ4v) is 3.28. The van der Waals surface area contributed by atoms with Crippen LogP contribution in [0, 0.1) is 6.92 Å². The van der Waals surface area contributed by atoms with Crippen molar-refractivity contribution in [1.29, 1.82) is 0 Å². The molecule has 0 N–H and O–H groups in total. The van der Waals surface area contributed by atoms with Crippen LogP contribution in [0.2, 0.25) is 0 Å². The summed E-state index contributed by atoms with van der Waals surface area (Å²) in [4.78, 5) is 0. The standard InChI is InChI=1S/C19H16/c1-13-12-19-16-8-3-2-6-14(16)10-11-18(19)17-9-5-4-7-15(13)17/h3-5,7-12H,2,6H2,1H3. The fraction of sp³-hybridized carbons (Fsp3) is 0.158. The average molecular weight is 244 g/mol. The molecule has 0 unspecified atom stereocenters. The summed E-state index contributed by atoms with van der Waals surface area (Å²) in [6.45, 7) is 2.22. The Balaban J connectivity index is 2.23. The number of fused-ring (bicyclic) bond motifs is 5. The molecule has 3 aromatic rings. The highest BCUT2D eigenvalue weighted by atomic mass is 14.1.